The van der Waals surface area contributed by atoms with E-state index in [0.717, 1.165) is 10.9 Å². The van der Waals surface area contributed by atoms with Crippen LogP contribution in [-0.4, -0.2) is 32.1 Å². The van der Waals surface area contributed by atoms with Crippen molar-refractivity contribution in [3.05, 3.63) is 18.0 Å². The summed E-state index contributed by atoms with van der Waals surface area (Å²) in [6.07, 6.45) is 8.03. The Hall–Kier alpha value is -1.95. The molecule has 0 aromatic carbocycles. The zero-order valence-corrected chi connectivity index (χ0v) is 13.8. The second kappa shape index (κ2) is 7.08. The fraction of sp³-hybridized carbons (Fsp3) is 0.588. The molecule has 23 heavy (non-hydrogen) atoms. The van der Waals surface area contributed by atoms with Crippen LogP contribution in [0, 0.1) is 0 Å². The van der Waals surface area contributed by atoms with E-state index in [0.29, 0.717) is 23.5 Å². The summed E-state index contributed by atoms with van der Waals surface area (Å²) < 4.78 is 0. The molecule has 6 heteroatoms. The number of aromatic nitrogens is 3. The molecule has 2 aromatic rings. The van der Waals surface area contributed by atoms with E-state index in [1.807, 2.05) is 6.07 Å². The van der Waals surface area contributed by atoms with Gasteiger partial charge in [0.15, 0.2) is 5.82 Å². The first-order valence-corrected chi connectivity index (χ1v) is 8.46. The summed E-state index contributed by atoms with van der Waals surface area (Å²) in [5.41, 5.74) is 1.42. The van der Waals surface area contributed by atoms with Crippen molar-refractivity contribution in [2.75, 3.05) is 10.6 Å². The SMILES string of the molecule is CC(C)Nc1nc(CO)cc2cnc(NC3CCCCC3)nc12. The molecule has 3 rings (SSSR count). The molecule has 6 nitrogen and oxygen atoms in total. The first kappa shape index (κ1) is 15.9. The number of rotatable bonds is 5. The van der Waals surface area contributed by atoms with Gasteiger partial charge in [-0.15, -0.1) is 0 Å². The molecular weight excluding hydrogens is 290 g/mol. The maximum atomic E-state index is 9.38. The average molecular weight is 315 g/mol. The van der Waals surface area contributed by atoms with Crippen LogP contribution < -0.4 is 10.6 Å². The Morgan fingerprint density at radius 1 is 1.22 bits per heavy atom. The standard InChI is InChI=1S/C17H25N5O/c1-11(2)19-16-15-12(8-14(10-23)20-16)9-18-17(22-15)21-13-6-4-3-5-7-13/h8-9,11,13,23H,3-7,10H2,1-2H3,(H,19,20)(H,18,21,22). The molecule has 0 aliphatic heterocycles. The van der Waals surface area contributed by atoms with Gasteiger partial charge in [-0.3, -0.25) is 0 Å². The van der Waals surface area contributed by atoms with Crippen molar-refractivity contribution in [3.63, 3.8) is 0 Å². The summed E-state index contributed by atoms with van der Waals surface area (Å²) in [5.74, 6) is 1.37. The third-order valence-electron chi connectivity index (χ3n) is 4.14. The van der Waals surface area contributed by atoms with E-state index < -0.39 is 0 Å². The summed E-state index contributed by atoms with van der Waals surface area (Å²) in [7, 11) is 0. The smallest absolute Gasteiger partial charge is 0.223 e. The zero-order valence-electron chi connectivity index (χ0n) is 13.8. The number of nitrogens with one attached hydrogen (secondary N) is 2. The summed E-state index contributed by atoms with van der Waals surface area (Å²) in [6, 6.07) is 2.54. The minimum absolute atomic E-state index is 0.0925. The van der Waals surface area contributed by atoms with Gasteiger partial charge < -0.3 is 15.7 Å². The highest BCUT2D eigenvalue weighted by Crippen LogP contribution is 2.24. The Morgan fingerprint density at radius 2 is 2.00 bits per heavy atom. The van der Waals surface area contributed by atoms with E-state index in [9.17, 15) is 5.11 Å². The van der Waals surface area contributed by atoms with E-state index in [2.05, 4.69) is 39.4 Å². The molecule has 1 aliphatic rings. The maximum absolute atomic E-state index is 9.38. The number of aliphatic hydroxyl groups excluding tert-OH is 1. The summed E-state index contributed by atoms with van der Waals surface area (Å²) in [5, 5.41) is 17.0. The number of nitrogens with zero attached hydrogens (tertiary/aromatic N) is 3. The maximum Gasteiger partial charge on any atom is 0.223 e. The quantitative estimate of drug-likeness (QED) is 0.786. The van der Waals surface area contributed by atoms with Gasteiger partial charge in [0.05, 0.1) is 12.3 Å². The fourth-order valence-corrected chi connectivity index (χ4v) is 3.05. The van der Waals surface area contributed by atoms with Gasteiger partial charge in [0.25, 0.3) is 0 Å². The lowest BCUT2D eigenvalue weighted by Crippen LogP contribution is -2.23. The van der Waals surface area contributed by atoms with Crippen molar-refractivity contribution in [3.8, 4) is 0 Å². The Labute approximate surface area is 136 Å². The summed E-state index contributed by atoms with van der Waals surface area (Å²) in [6.45, 7) is 4.02. The van der Waals surface area contributed by atoms with Crippen LogP contribution in [0.1, 0.15) is 51.6 Å². The second-order valence-corrected chi connectivity index (χ2v) is 6.53. The Balaban J connectivity index is 1.92. The van der Waals surface area contributed by atoms with Crippen LogP contribution in [0.4, 0.5) is 11.8 Å². The van der Waals surface area contributed by atoms with Gasteiger partial charge in [-0.25, -0.2) is 15.0 Å². The van der Waals surface area contributed by atoms with Gasteiger partial charge >= 0.3 is 0 Å². The topological polar surface area (TPSA) is 83.0 Å². The molecule has 0 spiro atoms. The predicted octanol–water partition coefficient (Wildman–Crippen LogP) is 3.08. The molecule has 1 aliphatic carbocycles. The van der Waals surface area contributed by atoms with Gasteiger partial charge in [0.2, 0.25) is 5.95 Å². The lowest BCUT2D eigenvalue weighted by molar-refractivity contribution is 0.277. The van der Waals surface area contributed by atoms with Crippen molar-refractivity contribution >= 4 is 22.7 Å². The first-order chi connectivity index (χ1) is 11.2. The molecule has 2 heterocycles. The first-order valence-electron chi connectivity index (χ1n) is 8.46. The molecule has 3 N–H and O–H groups in total. The van der Waals surface area contributed by atoms with Gasteiger partial charge in [0, 0.05) is 23.7 Å². The number of anilines is 2. The van der Waals surface area contributed by atoms with Crippen molar-refractivity contribution in [1.82, 2.24) is 15.0 Å². The third kappa shape index (κ3) is 3.88. The molecule has 1 fully saturated rings. The molecule has 0 bridgehead atoms. The van der Waals surface area contributed by atoms with Crippen LogP contribution in [-0.2, 0) is 6.61 Å². The Morgan fingerprint density at radius 3 is 2.70 bits per heavy atom. The van der Waals surface area contributed by atoms with E-state index in [1.165, 1.54) is 32.1 Å². The minimum atomic E-state index is -0.0925. The van der Waals surface area contributed by atoms with Crippen molar-refractivity contribution in [2.45, 2.75) is 64.6 Å². The number of pyridine rings is 1. The monoisotopic (exact) mass is 315 g/mol. The third-order valence-corrected chi connectivity index (χ3v) is 4.14. The molecule has 0 amide bonds. The van der Waals surface area contributed by atoms with E-state index in [1.54, 1.807) is 6.20 Å². The second-order valence-electron chi connectivity index (χ2n) is 6.53. The van der Waals surface area contributed by atoms with Crippen LogP contribution in [0.3, 0.4) is 0 Å². The highest BCUT2D eigenvalue weighted by molar-refractivity contribution is 5.88. The Kier molecular flexibility index (Phi) is 4.91. The molecule has 0 atom stereocenters. The van der Waals surface area contributed by atoms with Crippen LogP contribution in [0.5, 0.6) is 0 Å². The zero-order chi connectivity index (χ0) is 16.2. The van der Waals surface area contributed by atoms with E-state index >= 15 is 0 Å². The average Bonchev–Trinajstić information content (AvgIpc) is 2.55. The van der Waals surface area contributed by atoms with Crippen LogP contribution >= 0.6 is 0 Å². The number of aliphatic hydroxyl groups is 1. The van der Waals surface area contributed by atoms with Crippen LogP contribution in [0.15, 0.2) is 12.3 Å². The Bertz CT molecular complexity index is 667. The van der Waals surface area contributed by atoms with Gasteiger partial charge in [-0.05, 0) is 32.8 Å². The van der Waals surface area contributed by atoms with Crippen LogP contribution in [0.25, 0.3) is 10.9 Å². The molecule has 0 saturated heterocycles. The van der Waals surface area contributed by atoms with Crippen molar-refractivity contribution in [1.29, 1.82) is 0 Å². The normalized spacial score (nSPS) is 16.0. The summed E-state index contributed by atoms with van der Waals surface area (Å²) in [4.78, 5) is 13.6. The number of hydrogen-bond acceptors (Lipinski definition) is 6. The fourth-order valence-electron chi connectivity index (χ4n) is 3.05. The van der Waals surface area contributed by atoms with Crippen molar-refractivity contribution in [2.24, 2.45) is 0 Å². The summed E-state index contributed by atoms with van der Waals surface area (Å²) >= 11 is 0. The minimum Gasteiger partial charge on any atom is -0.390 e. The van der Waals surface area contributed by atoms with Gasteiger partial charge in [-0.2, -0.15) is 0 Å². The molecular formula is C17H25N5O. The van der Waals surface area contributed by atoms with Gasteiger partial charge in [-0.1, -0.05) is 19.3 Å². The highest BCUT2D eigenvalue weighted by atomic mass is 16.3. The van der Waals surface area contributed by atoms with E-state index in [-0.39, 0.29) is 12.6 Å². The predicted molar refractivity (Wildman–Crippen MR) is 92.5 cm³/mol. The molecule has 0 unspecified atom stereocenters. The molecule has 0 radical (unpaired) electrons. The van der Waals surface area contributed by atoms with E-state index in [4.69, 9.17) is 0 Å². The molecule has 2 aromatic heterocycles. The highest BCUT2D eigenvalue weighted by Gasteiger charge is 2.15. The van der Waals surface area contributed by atoms with Gasteiger partial charge in [0.1, 0.15) is 5.52 Å². The van der Waals surface area contributed by atoms with Crippen molar-refractivity contribution < 1.29 is 5.11 Å². The van der Waals surface area contributed by atoms with Crippen LogP contribution in [0.2, 0.25) is 0 Å². The largest absolute Gasteiger partial charge is 0.390 e. The lowest BCUT2D eigenvalue weighted by atomic mass is 9.96. The lowest BCUT2D eigenvalue weighted by Gasteiger charge is -2.23. The number of fused-ring (bicyclic) bond motifs is 1. The number of hydrogen-bond donors (Lipinski definition) is 3. The molecule has 1 saturated carbocycles. The molecule has 124 valence electrons.